The summed E-state index contributed by atoms with van der Waals surface area (Å²) in [6, 6.07) is 7.85. The van der Waals surface area contributed by atoms with Crippen LogP contribution >= 0.6 is 0 Å². The number of carbonyl (C=O) groups excluding carboxylic acids is 1. The van der Waals surface area contributed by atoms with Gasteiger partial charge in [0, 0.05) is 25.2 Å². The first-order valence-electron chi connectivity index (χ1n) is 7.40. The van der Waals surface area contributed by atoms with Crippen LogP contribution in [-0.4, -0.2) is 41.7 Å². The molecule has 2 rings (SSSR count). The lowest BCUT2D eigenvalue weighted by atomic mass is 10.1. The molecule has 0 spiro atoms. The van der Waals surface area contributed by atoms with Crippen molar-refractivity contribution in [1.82, 2.24) is 4.90 Å². The van der Waals surface area contributed by atoms with Crippen LogP contribution in [0.5, 0.6) is 0 Å². The Morgan fingerprint density at radius 1 is 1.40 bits per heavy atom. The van der Waals surface area contributed by atoms with E-state index in [2.05, 4.69) is 10.2 Å². The fourth-order valence-corrected chi connectivity index (χ4v) is 2.55. The highest BCUT2D eigenvalue weighted by molar-refractivity contribution is 5.90. The molecule has 1 fully saturated rings. The van der Waals surface area contributed by atoms with Gasteiger partial charge in [0.15, 0.2) is 0 Å². The van der Waals surface area contributed by atoms with Crippen LogP contribution in [0.3, 0.4) is 0 Å². The summed E-state index contributed by atoms with van der Waals surface area (Å²) in [6.07, 6.45) is 3.00. The molecule has 0 bridgehead atoms. The predicted octanol–water partition coefficient (Wildman–Crippen LogP) is 2.17. The van der Waals surface area contributed by atoms with E-state index >= 15 is 0 Å². The summed E-state index contributed by atoms with van der Waals surface area (Å²) >= 11 is 0. The summed E-state index contributed by atoms with van der Waals surface area (Å²) in [5.74, 6) is 0.0765. The number of aryl methyl sites for hydroxylation is 1. The molecule has 1 aromatic rings. The van der Waals surface area contributed by atoms with E-state index in [9.17, 15) is 9.90 Å². The maximum absolute atomic E-state index is 11.8. The Bertz CT molecular complexity index is 440. The number of amides is 1. The normalized spacial score (nSPS) is 17.1. The third-order valence-corrected chi connectivity index (χ3v) is 3.74. The maximum Gasteiger partial charge on any atom is 0.224 e. The van der Waals surface area contributed by atoms with Crippen molar-refractivity contribution in [3.8, 4) is 0 Å². The molecule has 2 N–H and O–H groups in total. The third-order valence-electron chi connectivity index (χ3n) is 3.74. The van der Waals surface area contributed by atoms with E-state index in [1.165, 1.54) is 0 Å². The Balaban J connectivity index is 1.65. The highest BCUT2D eigenvalue weighted by Crippen LogP contribution is 2.12. The molecule has 1 amide bonds. The van der Waals surface area contributed by atoms with Crippen molar-refractivity contribution in [2.24, 2.45) is 0 Å². The summed E-state index contributed by atoms with van der Waals surface area (Å²) in [4.78, 5) is 14.2. The molecule has 0 saturated carbocycles. The first-order valence-corrected chi connectivity index (χ1v) is 7.40. The van der Waals surface area contributed by atoms with E-state index in [-0.39, 0.29) is 12.0 Å². The smallest absolute Gasteiger partial charge is 0.224 e. The molecule has 0 aliphatic carbocycles. The first-order chi connectivity index (χ1) is 9.63. The number of carbonyl (C=O) groups is 1. The maximum atomic E-state index is 11.8. The zero-order chi connectivity index (χ0) is 14.4. The van der Waals surface area contributed by atoms with Gasteiger partial charge in [-0.05, 0) is 50.4 Å². The molecule has 0 radical (unpaired) electrons. The van der Waals surface area contributed by atoms with Crippen molar-refractivity contribution >= 4 is 11.6 Å². The molecule has 1 heterocycles. The topological polar surface area (TPSA) is 52.6 Å². The fourth-order valence-electron chi connectivity index (χ4n) is 2.55. The Labute approximate surface area is 120 Å². The molecule has 0 aromatic heterocycles. The number of benzene rings is 1. The fraction of sp³-hybridized carbons (Fsp3) is 0.562. The number of likely N-dealkylation sites (tertiary alicyclic amines) is 1. The van der Waals surface area contributed by atoms with Crippen molar-refractivity contribution in [2.75, 3.05) is 25.0 Å². The number of hydrogen-bond donors (Lipinski definition) is 2. The van der Waals surface area contributed by atoms with E-state index in [1.54, 1.807) is 0 Å². The number of piperidine rings is 1. The molecule has 1 aliphatic rings. The average molecular weight is 276 g/mol. The number of rotatable bonds is 5. The van der Waals surface area contributed by atoms with Crippen LogP contribution in [0.25, 0.3) is 0 Å². The van der Waals surface area contributed by atoms with Crippen molar-refractivity contribution in [1.29, 1.82) is 0 Å². The van der Waals surface area contributed by atoms with Crippen LogP contribution in [0, 0.1) is 6.92 Å². The highest BCUT2D eigenvalue weighted by atomic mass is 16.3. The second kappa shape index (κ2) is 7.41. The van der Waals surface area contributed by atoms with E-state index in [0.717, 1.165) is 50.1 Å². The van der Waals surface area contributed by atoms with Crippen LogP contribution in [0.1, 0.15) is 31.2 Å². The molecule has 110 valence electrons. The van der Waals surface area contributed by atoms with Gasteiger partial charge in [-0.25, -0.2) is 0 Å². The van der Waals surface area contributed by atoms with Gasteiger partial charge in [-0.1, -0.05) is 12.1 Å². The summed E-state index contributed by atoms with van der Waals surface area (Å²) in [6.45, 7) is 4.84. The number of nitrogens with zero attached hydrogens (tertiary/aromatic N) is 1. The Morgan fingerprint density at radius 3 is 2.85 bits per heavy atom. The second-order valence-electron chi connectivity index (χ2n) is 5.59. The molecule has 0 atom stereocenters. The van der Waals surface area contributed by atoms with Crippen LogP contribution in [0.4, 0.5) is 5.69 Å². The second-order valence-corrected chi connectivity index (χ2v) is 5.59. The van der Waals surface area contributed by atoms with Gasteiger partial charge < -0.3 is 15.3 Å². The molecule has 1 aliphatic heterocycles. The van der Waals surface area contributed by atoms with Gasteiger partial charge in [0.05, 0.1) is 6.10 Å². The predicted molar refractivity (Wildman–Crippen MR) is 80.7 cm³/mol. The molecule has 1 aromatic carbocycles. The van der Waals surface area contributed by atoms with Crippen molar-refractivity contribution < 1.29 is 9.90 Å². The zero-order valence-corrected chi connectivity index (χ0v) is 12.1. The standard InChI is InChI=1S/C16H24N2O2/c1-13-4-2-5-14(12-13)17-16(20)6-3-9-18-10-7-15(19)8-11-18/h2,4-5,12,15,19H,3,6-11H2,1H3,(H,17,20). The SMILES string of the molecule is Cc1cccc(NC(=O)CCCN2CCC(O)CC2)c1. The van der Waals surface area contributed by atoms with Crippen LogP contribution in [-0.2, 0) is 4.79 Å². The van der Waals surface area contributed by atoms with Gasteiger partial charge in [-0.3, -0.25) is 4.79 Å². The van der Waals surface area contributed by atoms with E-state index in [1.807, 2.05) is 31.2 Å². The minimum atomic E-state index is -0.129. The van der Waals surface area contributed by atoms with Crippen molar-refractivity contribution in [3.63, 3.8) is 0 Å². The van der Waals surface area contributed by atoms with E-state index in [4.69, 9.17) is 0 Å². The molecule has 4 heteroatoms. The van der Waals surface area contributed by atoms with Crippen LogP contribution in [0.2, 0.25) is 0 Å². The summed E-state index contributed by atoms with van der Waals surface area (Å²) in [7, 11) is 0. The van der Waals surface area contributed by atoms with Gasteiger partial charge in [-0.2, -0.15) is 0 Å². The lowest BCUT2D eigenvalue weighted by Crippen LogP contribution is -2.36. The summed E-state index contributed by atoms with van der Waals surface area (Å²) in [5.41, 5.74) is 2.02. The minimum absolute atomic E-state index is 0.0765. The van der Waals surface area contributed by atoms with Crippen molar-refractivity contribution in [3.05, 3.63) is 29.8 Å². The quantitative estimate of drug-likeness (QED) is 0.866. The van der Waals surface area contributed by atoms with Gasteiger partial charge in [0.2, 0.25) is 5.91 Å². The van der Waals surface area contributed by atoms with E-state index in [0.29, 0.717) is 6.42 Å². The molecular formula is C16H24N2O2. The third kappa shape index (κ3) is 4.94. The van der Waals surface area contributed by atoms with Crippen LogP contribution < -0.4 is 5.32 Å². The highest BCUT2D eigenvalue weighted by Gasteiger charge is 2.16. The number of aliphatic hydroxyl groups is 1. The monoisotopic (exact) mass is 276 g/mol. The Kier molecular flexibility index (Phi) is 5.56. The number of aliphatic hydroxyl groups excluding tert-OH is 1. The van der Waals surface area contributed by atoms with Gasteiger partial charge in [0.1, 0.15) is 0 Å². The zero-order valence-electron chi connectivity index (χ0n) is 12.1. The van der Waals surface area contributed by atoms with E-state index < -0.39 is 0 Å². The molecule has 20 heavy (non-hydrogen) atoms. The number of hydrogen-bond acceptors (Lipinski definition) is 3. The first kappa shape index (κ1) is 15.0. The molecule has 0 unspecified atom stereocenters. The molecular weight excluding hydrogens is 252 g/mol. The number of anilines is 1. The van der Waals surface area contributed by atoms with Crippen molar-refractivity contribution in [2.45, 2.75) is 38.7 Å². The number of nitrogens with one attached hydrogen (secondary N) is 1. The van der Waals surface area contributed by atoms with Gasteiger partial charge in [-0.15, -0.1) is 0 Å². The lowest BCUT2D eigenvalue weighted by Gasteiger charge is -2.29. The summed E-state index contributed by atoms with van der Waals surface area (Å²) in [5, 5.41) is 12.4. The Morgan fingerprint density at radius 2 is 2.15 bits per heavy atom. The minimum Gasteiger partial charge on any atom is -0.393 e. The van der Waals surface area contributed by atoms with Gasteiger partial charge >= 0.3 is 0 Å². The average Bonchev–Trinajstić information content (AvgIpc) is 2.41. The molecule has 4 nitrogen and oxygen atoms in total. The largest absolute Gasteiger partial charge is 0.393 e. The van der Waals surface area contributed by atoms with Crippen LogP contribution in [0.15, 0.2) is 24.3 Å². The Hall–Kier alpha value is -1.39. The lowest BCUT2D eigenvalue weighted by molar-refractivity contribution is -0.116. The van der Waals surface area contributed by atoms with Gasteiger partial charge in [0.25, 0.3) is 0 Å². The summed E-state index contributed by atoms with van der Waals surface area (Å²) < 4.78 is 0. The molecule has 1 saturated heterocycles.